The van der Waals surface area contributed by atoms with Crippen LogP contribution < -0.4 is 30.2 Å². The van der Waals surface area contributed by atoms with Crippen LogP contribution in [-0.2, 0) is 9.59 Å². The number of nitrogens with one attached hydrogen (secondary N) is 3. The van der Waals surface area contributed by atoms with Crippen molar-refractivity contribution in [3.8, 4) is 17.2 Å². The Labute approximate surface area is 260 Å². The van der Waals surface area contributed by atoms with Crippen LogP contribution in [0.3, 0.4) is 0 Å². The van der Waals surface area contributed by atoms with Crippen LogP contribution in [-0.4, -0.2) is 44.3 Å². The minimum atomic E-state index is -0.549. The maximum Gasteiger partial charge on any atom is 0.272 e. The minimum Gasteiger partial charge on any atom is -0.497 e. The standard InChI is InChI=1S/C34H33N3O6S/c1-22(32(38)35-25-16-18-27(41-2)19-17-25)44-28-14-9-13-26(21-28)36-34(40)29(37-33(39)23-10-6-5-7-11-23)20-24-12-8-15-30(42-3)31(24)43-4/h5-22H,1-4H3,(H,35,38)(H,36,40)(H,37,39)/b29-20+. The Morgan fingerprint density at radius 2 is 1.48 bits per heavy atom. The van der Waals surface area contributed by atoms with E-state index in [2.05, 4.69) is 16.0 Å². The van der Waals surface area contributed by atoms with Gasteiger partial charge in [-0.1, -0.05) is 36.4 Å². The summed E-state index contributed by atoms with van der Waals surface area (Å²) >= 11 is 1.34. The van der Waals surface area contributed by atoms with E-state index in [-0.39, 0.29) is 11.6 Å². The number of hydrogen-bond donors (Lipinski definition) is 3. The molecule has 0 heterocycles. The van der Waals surface area contributed by atoms with E-state index in [9.17, 15) is 14.4 Å². The number of carbonyl (C=O) groups excluding carboxylic acids is 3. The number of anilines is 2. The van der Waals surface area contributed by atoms with Gasteiger partial charge in [-0.2, -0.15) is 0 Å². The molecule has 10 heteroatoms. The van der Waals surface area contributed by atoms with Crippen molar-refractivity contribution in [3.63, 3.8) is 0 Å². The fraction of sp³-hybridized carbons (Fsp3) is 0.147. The second-order valence-electron chi connectivity index (χ2n) is 9.42. The Morgan fingerprint density at radius 3 is 2.16 bits per heavy atom. The van der Waals surface area contributed by atoms with Crippen molar-refractivity contribution in [2.45, 2.75) is 17.1 Å². The fourth-order valence-electron chi connectivity index (χ4n) is 4.15. The second kappa shape index (κ2) is 15.3. The summed E-state index contributed by atoms with van der Waals surface area (Å²) in [5, 5.41) is 8.06. The third kappa shape index (κ3) is 8.42. The van der Waals surface area contributed by atoms with Gasteiger partial charge in [-0.05, 0) is 73.7 Å². The molecule has 0 aliphatic heterocycles. The molecule has 4 aromatic rings. The quantitative estimate of drug-likeness (QED) is 0.128. The van der Waals surface area contributed by atoms with Crippen molar-refractivity contribution in [3.05, 3.63) is 114 Å². The predicted molar refractivity (Wildman–Crippen MR) is 173 cm³/mol. The van der Waals surface area contributed by atoms with Gasteiger partial charge in [0.25, 0.3) is 11.8 Å². The van der Waals surface area contributed by atoms with Gasteiger partial charge in [-0.15, -0.1) is 11.8 Å². The Morgan fingerprint density at radius 1 is 0.750 bits per heavy atom. The molecule has 4 aromatic carbocycles. The van der Waals surface area contributed by atoms with Crippen molar-refractivity contribution in [1.29, 1.82) is 0 Å². The Hall–Kier alpha value is -5.22. The molecular formula is C34H33N3O6S. The van der Waals surface area contributed by atoms with Crippen molar-refractivity contribution < 1.29 is 28.6 Å². The van der Waals surface area contributed by atoms with Crippen molar-refractivity contribution in [2.75, 3.05) is 32.0 Å². The van der Waals surface area contributed by atoms with Crippen molar-refractivity contribution >= 4 is 46.9 Å². The molecule has 0 saturated heterocycles. The highest BCUT2D eigenvalue weighted by Crippen LogP contribution is 2.32. The van der Waals surface area contributed by atoms with Gasteiger partial charge in [0, 0.05) is 27.4 Å². The number of rotatable bonds is 12. The summed E-state index contributed by atoms with van der Waals surface area (Å²) in [7, 11) is 4.60. The van der Waals surface area contributed by atoms with Crippen LogP contribution in [0.15, 0.2) is 108 Å². The van der Waals surface area contributed by atoms with Crippen molar-refractivity contribution in [2.24, 2.45) is 0 Å². The van der Waals surface area contributed by atoms with Crippen LogP contribution in [0.1, 0.15) is 22.8 Å². The number of amides is 3. The Balaban J connectivity index is 1.52. The first kappa shape index (κ1) is 31.7. The van der Waals surface area contributed by atoms with Gasteiger partial charge in [0.05, 0.1) is 26.6 Å². The Kier molecular flexibility index (Phi) is 11.0. The number of para-hydroxylation sites is 1. The summed E-state index contributed by atoms with van der Waals surface area (Å²) in [5.74, 6) is 0.418. The molecule has 226 valence electrons. The molecule has 0 aromatic heterocycles. The normalized spacial score (nSPS) is 11.6. The van der Waals surface area contributed by atoms with Crippen LogP contribution in [0.25, 0.3) is 6.08 Å². The molecule has 1 atom stereocenters. The maximum atomic E-state index is 13.6. The molecule has 4 rings (SSSR count). The number of benzene rings is 4. The van der Waals surface area contributed by atoms with Crippen molar-refractivity contribution in [1.82, 2.24) is 5.32 Å². The molecule has 0 saturated carbocycles. The summed E-state index contributed by atoms with van der Waals surface area (Å²) in [6.07, 6.45) is 1.53. The van der Waals surface area contributed by atoms with Gasteiger partial charge >= 0.3 is 0 Å². The summed E-state index contributed by atoms with van der Waals surface area (Å²) in [4.78, 5) is 40.2. The highest BCUT2D eigenvalue weighted by atomic mass is 32.2. The van der Waals surface area contributed by atoms with Crippen LogP contribution >= 0.6 is 11.8 Å². The zero-order chi connectivity index (χ0) is 31.5. The Bertz CT molecular complexity index is 1640. The number of methoxy groups -OCH3 is 3. The lowest BCUT2D eigenvalue weighted by Crippen LogP contribution is -2.30. The molecule has 44 heavy (non-hydrogen) atoms. The van der Waals surface area contributed by atoms with Crippen LogP contribution in [0.5, 0.6) is 17.2 Å². The first-order valence-corrected chi connectivity index (χ1v) is 14.5. The summed E-state index contributed by atoms with van der Waals surface area (Å²) in [6, 6.07) is 28.1. The molecule has 0 aliphatic carbocycles. The van der Waals surface area contributed by atoms with Gasteiger partial charge in [0.15, 0.2) is 11.5 Å². The molecule has 0 spiro atoms. The molecule has 3 amide bonds. The molecule has 0 bridgehead atoms. The highest BCUT2D eigenvalue weighted by Gasteiger charge is 2.19. The van der Waals surface area contributed by atoms with E-state index >= 15 is 0 Å². The van der Waals surface area contributed by atoms with Crippen LogP contribution in [0, 0.1) is 0 Å². The van der Waals surface area contributed by atoms with E-state index < -0.39 is 17.1 Å². The summed E-state index contributed by atoms with van der Waals surface area (Å²) < 4.78 is 16.1. The number of thioether (sulfide) groups is 1. The number of ether oxygens (including phenoxy) is 3. The number of hydrogen-bond acceptors (Lipinski definition) is 7. The van der Waals surface area contributed by atoms with E-state index in [1.807, 2.05) is 6.07 Å². The highest BCUT2D eigenvalue weighted by molar-refractivity contribution is 8.00. The summed E-state index contributed by atoms with van der Waals surface area (Å²) in [6.45, 7) is 1.80. The molecule has 9 nitrogen and oxygen atoms in total. The predicted octanol–water partition coefficient (Wildman–Crippen LogP) is 6.24. The van der Waals surface area contributed by atoms with Gasteiger partial charge in [-0.3, -0.25) is 14.4 Å². The smallest absolute Gasteiger partial charge is 0.272 e. The average molecular weight is 612 g/mol. The maximum absolute atomic E-state index is 13.6. The SMILES string of the molecule is COc1ccc(NC(=O)C(C)Sc2cccc(NC(=O)/C(=C\c3cccc(OC)c3OC)NC(=O)c3ccccc3)c2)cc1. The third-order valence-electron chi connectivity index (χ3n) is 6.39. The van der Waals surface area contributed by atoms with E-state index in [4.69, 9.17) is 14.2 Å². The molecule has 3 N–H and O–H groups in total. The molecule has 0 fully saturated rings. The van der Waals surface area contributed by atoms with Gasteiger partial charge < -0.3 is 30.2 Å². The van der Waals surface area contributed by atoms with E-state index in [1.54, 1.807) is 105 Å². The zero-order valence-electron chi connectivity index (χ0n) is 24.8. The lowest BCUT2D eigenvalue weighted by Gasteiger charge is -2.15. The van der Waals surface area contributed by atoms with E-state index in [0.29, 0.717) is 39.8 Å². The fourth-order valence-corrected chi connectivity index (χ4v) is 5.07. The first-order valence-electron chi connectivity index (χ1n) is 13.6. The molecule has 0 radical (unpaired) electrons. The van der Waals surface area contributed by atoms with Gasteiger partial charge in [0.2, 0.25) is 5.91 Å². The van der Waals surface area contributed by atoms with E-state index in [1.165, 1.54) is 32.1 Å². The summed E-state index contributed by atoms with van der Waals surface area (Å²) in [5.41, 5.74) is 2.07. The monoisotopic (exact) mass is 611 g/mol. The van der Waals surface area contributed by atoms with Crippen LogP contribution in [0.4, 0.5) is 11.4 Å². The molecular weight excluding hydrogens is 578 g/mol. The van der Waals surface area contributed by atoms with Gasteiger partial charge in [0.1, 0.15) is 11.4 Å². The largest absolute Gasteiger partial charge is 0.497 e. The minimum absolute atomic E-state index is 0.00398. The van der Waals surface area contributed by atoms with E-state index in [0.717, 1.165) is 4.90 Å². The molecule has 0 aliphatic rings. The molecule has 1 unspecified atom stereocenters. The first-order chi connectivity index (χ1) is 21.3. The second-order valence-corrected chi connectivity index (χ2v) is 10.8. The van der Waals surface area contributed by atoms with Gasteiger partial charge in [-0.25, -0.2) is 0 Å². The average Bonchev–Trinajstić information content (AvgIpc) is 3.05. The lowest BCUT2D eigenvalue weighted by atomic mass is 10.1. The topological polar surface area (TPSA) is 115 Å². The zero-order valence-corrected chi connectivity index (χ0v) is 25.6. The van der Waals surface area contributed by atoms with Crippen LogP contribution in [0.2, 0.25) is 0 Å². The lowest BCUT2D eigenvalue weighted by molar-refractivity contribution is -0.115. The number of carbonyl (C=O) groups is 3. The third-order valence-corrected chi connectivity index (χ3v) is 7.49.